The summed E-state index contributed by atoms with van der Waals surface area (Å²) in [5, 5.41) is 0. The van der Waals surface area contributed by atoms with Crippen LogP contribution in [0.2, 0.25) is 0 Å². The second kappa shape index (κ2) is 5.06. The van der Waals surface area contributed by atoms with E-state index >= 15 is 0 Å². The minimum absolute atomic E-state index is 0.0475. The van der Waals surface area contributed by atoms with Crippen LogP contribution in [-0.2, 0) is 9.59 Å². The summed E-state index contributed by atoms with van der Waals surface area (Å²) in [6.07, 6.45) is 2.00. The Morgan fingerprint density at radius 1 is 1.08 bits per heavy atom. The molecule has 126 valence electrons. The van der Waals surface area contributed by atoms with Gasteiger partial charge in [0.05, 0.1) is 0 Å². The van der Waals surface area contributed by atoms with Gasteiger partial charge in [0, 0.05) is 18.3 Å². The maximum absolute atomic E-state index is 13.0. The van der Waals surface area contributed by atoms with Gasteiger partial charge in [-0.15, -0.1) is 0 Å². The first-order chi connectivity index (χ1) is 11.4. The van der Waals surface area contributed by atoms with Crippen LogP contribution in [0.25, 0.3) is 0 Å². The van der Waals surface area contributed by atoms with Gasteiger partial charge in [0.15, 0.2) is 0 Å². The quantitative estimate of drug-likeness (QED) is 0.781. The van der Waals surface area contributed by atoms with Crippen LogP contribution in [0.3, 0.4) is 0 Å². The number of para-hydroxylation sites is 1. The molecule has 0 spiro atoms. The highest BCUT2D eigenvalue weighted by Gasteiger charge is 2.60. The Morgan fingerprint density at radius 2 is 1.79 bits per heavy atom. The zero-order chi connectivity index (χ0) is 17.1. The van der Waals surface area contributed by atoms with Crippen LogP contribution in [0.15, 0.2) is 30.3 Å². The molecular formula is C18H21N3O3. The van der Waals surface area contributed by atoms with Crippen molar-refractivity contribution in [3.05, 3.63) is 30.3 Å². The van der Waals surface area contributed by atoms with E-state index in [4.69, 9.17) is 0 Å². The highest BCUT2D eigenvalue weighted by molar-refractivity contribution is 6.12. The highest BCUT2D eigenvalue weighted by Crippen LogP contribution is 2.40. The number of imide groups is 1. The number of amides is 4. The second-order valence-electron chi connectivity index (χ2n) is 7.13. The zero-order valence-corrected chi connectivity index (χ0v) is 13.9. The summed E-state index contributed by atoms with van der Waals surface area (Å²) in [6, 6.07) is 8.37. The molecule has 6 heteroatoms. The molecule has 3 fully saturated rings. The second-order valence-corrected chi connectivity index (χ2v) is 7.13. The van der Waals surface area contributed by atoms with Crippen LogP contribution in [-0.4, -0.2) is 51.8 Å². The molecule has 0 radical (unpaired) electrons. The Kier molecular flexibility index (Phi) is 3.20. The summed E-state index contributed by atoms with van der Waals surface area (Å²) in [5.41, 5.74) is 0.0455. The first-order valence-corrected chi connectivity index (χ1v) is 8.48. The SMILES string of the molecule is CC1CC(N2C(=O)N3CCCC3(C)C2=O)C(=O)N1c1ccccc1. The molecule has 0 aromatic heterocycles. The first-order valence-electron chi connectivity index (χ1n) is 8.48. The third-order valence-corrected chi connectivity index (χ3v) is 5.63. The van der Waals surface area contributed by atoms with Crippen LogP contribution < -0.4 is 4.90 Å². The van der Waals surface area contributed by atoms with Crippen LogP contribution >= 0.6 is 0 Å². The average Bonchev–Trinajstić information content (AvgIpc) is 3.14. The molecule has 3 saturated heterocycles. The van der Waals surface area contributed by atoms with E-state index in [2.05, 4.69) is 0 Å². The number of fused-ring (bicyclic) bond motifs is 1. The van der Waals surface area contributed by atoms with Crippen molar-refractivity contribution in [2.45, 2.75) is 50.7 Å². The van der Waals surface area contributed by atoms with Crippen molar-refractivity contribution in [2.24, 2.45) is 0 Å². The van der Waals surface area contributed by atoms with Gasteiger partial charge in [-0.2, -0.15) is 0 Å². The average molecular weight is 327 g/mol. The van der Waals surface area contributed by atoms with Gasteiger partial charge >= 0.3 is 6.03 Å². The fraction of sp³-hybridized carbons (Fsp3) is 0.500. The Hall–Kier alpha value is -2.37. The maximum atomic E-state index is 13.0. The Labute approximate surface area is 141 Å². The van der Waals surface area contributed by atoms with E-state index < -0.39 is 11.6 Å². The number of benzene rings is 1. The van der Waals surface area contributed by atoms with Gasteiger partial charge in [-0.3, -0.25) is 9.59 Å². The number of hydrogen-bond donors (Lipinski definition) is 0. The van der Waals surface area contributed by atoms with Crippen molar-refractivity contribution >= 4 is 23.5 Å². The Morgan fingerprint density at radius 3 is 2.46 bits per heavy atom. The van der Waals surface area contributed by atoms with Crippen molar-refractivity contribution < 1.29 is 14.4 Å². The van der Waals surface area contributed by atoms with Gasteiger partial charge in [0.1, 0.15) is 11.6 Å². The molecule has 0 saturated carbocycles. The summed E-state index contributed by atoms with van der Waals surface area (Å²) < 4.78 is 0. The fourth-order valence-corrected chi connectivity index (χ4v) is 4.34. The van der Waals surface area contributed by atoms with Crippen LogP contribution in [0.4, 0.5) is 10.5 Å². The van der Waals surface area contributed by atoms with E-state index in [1.165, 1.54) is 4.90 Å². The fourth-order valence-electron chi connectivity index (χ4n) is 4.34. The van der Waals surface area contributed by atoms with Gasteiger partial charge in [0.25, 0.3) is 11.8 Å². The summed E-state index contributed by atoms with van der Waals surface area (Å²) in [7, 11) is 0. The molecule has 0 bridgehead atoms. The van der Waals surface area contributed by atoms with E-state index in [9.17, 15) is 14.4 Å². The largest absolute Gasteiger partial charge is 0.328 e. The molecule has 0 aliphatic carbocycles. The van der Waals surface area contributed by atoms with Crippen LogP contribution in [0.1, 0.15) is 33.1 Å². The van der Waals surface area contributed by atoms with E-state index in [1.54, 1.807) is 9.80 Å². The first kappa shape index (κ1) is 15.2. The van der Waals surface area contributed by atoms with Crippen molar-refractivity contribution in [3.63, 3.8) is 0 Å². The maximum Gasteiger partial charge on any atom is 0.328 e. The predicted octanol–water partition coefficient (Wildman–Crippen LogP) is 2.00. The lowest BCUT2D eigenvalue weighted by Crippen LogP contribution is -2.47. The van der Waals surface area contributed by atoms with Gasteiger partial charge in [0.2, 0.25) is 0 Å². The minimum Gasteiger partial charge on any atom is -0.310 e. The van der Waals surface area contributed by atoms with Crippen molar-refractivity contribution in [1.82, 2.24) is 9.80 Å². The molecule has 4 rings (SSSR count). The van der Waals surface area contributed by atoms with Crippen molar-refractivity contribution in [1.29, 1.82) is 0 Å². The zero-order valence-electron chi connectivity index (χ0n) is 13.9. The van der Waals surface area contributed by atoms with E-state index in [0.717, 1.165) is 12.1 Å². The number of carbonyl (C=O) groups excluding carboxylic acids is 3. The number of hydrogen-bond acceptors (Lipinski definition) is 3. The summed E-state index contributed by atoms with van der Waals surface area (Å²) in [4.78, 5) is 43.2. The molecule has 3 aliphatic heterocycles. The Balaban J connectivity index is 1.65. The van der Waals surface area contributed by atoms with Gasteiger partial charge in [-0.25, -0.2) is 9.69 Å². The van der Waals surface area contributed by atoms with Crippen LogP contribution in [0.5, 0.6) is 0 Å². The van der Waals surface area contributed by atoms with Gasteiger partial charge in [-0.05, 0) is 45.2 Å². The van der Waals surface area contributed by atoms with E-state index in [1.807, 2.05) is 44.2 Å². The lowest BCUT2D eigenvalue weighted by atomic mass is 9.98. The molecule has 24 heavy (non-hydrogen) atoms. The highest BCUT2D eigenvalue weighted by atomic mass is 16.2. The van der Waals surface area contributed by atoms with Gasteiger partial charge < -0.3 is 9.80 Å². The normalized spacial score (nSPS) is 32.9. The molecule has 1 aromatic rings. The molecule has 3 atom stereocenters. The third kappa shape index (κ3) is 1.85. The smallest absolute Gasteiger partial charge is 0.310 e. The number of carbonyl (C=O) groups is 3. The summed E-state index contributed by atoms with van der Waals surface area (Å²) in [5.74, 6) is -0.384. The standard InChI is InChI=1S/C18H21N3O3/c1-12-11-14(15(22)20(12)13-7-4-3-5-8-13)21-16(23)18(2)9-6-10-19(18)17(21)24/h3-5,7-8,12,14H,6,9-11H2,1-2H3. The topological polar surface area (TPSA) is 60.9 Å². The predicted molar refractivity (Wildman–Crippen MR) is 88.4 cm³/mol. The summed E-state index contributed by atoms with van der Waals surface area (Å²) in [6.45, 7) is 4.37. The van der Waals surface area contributed by atoms with E-state index in [0.29, 0.717) is 19.4 Å². The van der Waals surface area contributed by atoms with E-state index in [-0.39, 0.29) is 23.9 Å². The molecule has 4 amide bonds. The molecule has 3 unspecified atom stereocenters. The van der Waals surface area contributed by atoms with Crippen molar-refractivity contribution in [2.75, 3.05) is 11.4 Å². The molecular weight excluding hydrogens is 306 g/mol. The third-order valence-electron chi connectivity index (χ3n) is 5.63. The van der Waals surface area contributed by atoms with Gasteiger partial charge in [-0.1, -0.05) is 18.2 Å². The molecule has 3 aliphatic rings. The molecule has 0 N–H and O–H groups in total. The number of nitrogens with zero attached hydrogens (tertiary/aromatic N) is 3. The summed E-state index contributed by atoms with van der Waals surface area (Å²) >= 11 is 0. The molecule has 1 aromatic carbocycles. The number of anilines is 1. The molecule has 6 nitrogen and oxygen atoms in total. The molecule has 3 heterocycles. The minimum atomic E-state index is -0.763. The lowest BCUT2D eigenvalue weighted by molar-refractivity contribution is -0.136. The van der Waals surface area contributed by atoms with Crippen LogP contribution in [0, 0.1) is 0 Å². The van der Waals surface area contributed by atoms with Crippen molar-refractivity contribution in [3.8, 4) is 0 Å². The Bertz CT molecular complexity index is 719. The number of rotatable bonds is 2. The number of urea groups is 1. The lowest BCUT2D eigenvalue weighted by Gasteiger charge is -2.23. The monoisotopic (exact) mass is 327 g/mol.